The molecule has 1 aliphatic rings. The zero-order valence-electron chi connectivity index (χ0n) is 16.7. The molecular weight excluding hydrogens is 350 g/mol. The van der Waals surface area contributed by atoms with Crippen LogP contribution in [0.2, 0.25) is 0 Å². The van der Waals surface area contributed by atoms with Crippen molar-refractivity contribution in [3.63, 3.8) is 0 Å². The Balaban J connectivity index is 2.29. The Morgan fingerprint density at radius 2 is 1.89 bits per heavy atom. The van der Waals surface area contributed by atoms with Crippen molar-refractivity contribution >= 4 is 17.4 Å². The molecule has 2 heterocycles. The van der Waals surface area contributed by atoms with E-state index in [1.165, 1.54) is 9.47 Å². The summed E-state index contributed by atoms with van der Waals surface area (Å²) in [7, 11) is 0. The third-order valence-electron chi connectivity index (χ3n) is 4.69. The molecule has 2 atom stereocenters. The molecule has 9 heteroatoms. The fraction of sp³-hybridized carbons (Fsp3) is 0.722. The summed E-state index contributed by atoms with van der Waals surface area (Å²) in [6.45, 7) is 9.86. The summed E-state index contributed by atoms with van der Waals surface area (Å²) >= 11 is 0. The van der Waals surface area contributed by atoms with Crippen molar-refractivity contribution in [2.45, 2.75) is 59.3 Å². The van der Waals surface area contributed by atoms with E-state index < -0.39 is 11.2 Å². The van der Waals surface area contributed by atoms with E-state index in [9.17, 15) is 14.4 Å². The van der Waals surface area contributed by atoms with E-state index in [-0.39, 0.29) is 42.7 Å². The van der Waals surface area contributed by atoms with Crippen molar-refractivity contribution in [3.8, 4) is 0 Å². The minimum absolute atomic E-state index is 0.0381. The van der Waals surface area contributed by atoms with Crippen LogP contribution in [0.1, 0.15) is 40.5 Å². The smallest absolute Gasteiger partial charge is 0.330 e. The molecule has 2 rings (SSSR count). The number of hydrogen-bond donors (Lipinski definition) is 2. The molecule has 0 spiro atoms. The van der Waals surface area contributed by atoms with Gasteiger partial charge in [0.25, 0.3) is 5.56 Å². The zero-order chi connectivity index (χ0) is 20.1. The summed E-state index contributed by atoms with van der Waals surface area (Å²) in [6.07, 6.45) is 1.71. The normalized spacial score (nSPS) is 20.6. The average molecular weight is 381 g/mol. The van der Waals surface area contributed by atoms with Gasteiger partial charge in [-0.15, -0.1) is 0 Å². The molecule has 3 N–H and O–H groups in total. The first-order valence-corrected chi connectivity index (χ1v) is 9.59. The van der Waals surface area contributed by atoms with Crippen molar-refractivity contribution < 1.29 is 9.53 Å². The molecule has 1 aliphatic heterocycles. The number of H-pyrrole nitrogens is 1. The molecule has 0 bridgehead atoms. The van der Waals surface area contributed by atoms with Crippen molar-refractivity contribution in [1.29, 1.82) is 0 Å². The highest BCUT2D eigenvalue weighted by Crippen LogP contribution is 2.18. The number of likely N-dealkylation sites (N-methyl/N-ethyl adjacent to an activating group) is 1. The minimum atomic E-state index is -0.635. The van der Waals surface area contributed by atoms with Crippen molar-refractivity contribution in [2.75, 3.05) is 36.8 Å². The van der Waals surface area contributed by atoms with E-state index in [2.05, 4.69) is 4.98 Å². The SMILES string of the molecule is CCCCn1c(N)c(N(CC)C(=O)CN2C[C@@H](C)O[C@H](C)C2)c(=O)[nH]c1=O. The van der Waals surface area contributed by atoms with Crippen LogP contribution < -0.4 is 21.9 Å². The molecule has 0 aromatic carbocycles. The Labute approximate surface area is 159 Å². The summed E-state index contributed by atoms with van der Waals surface area (Å²) in [6, 6.07) is 0. The molecule has 27 heavy (non-hydrogen) atoms. The fourth-order valence-electron chi connectivity index (χ4n) is 3.53. The second-order valence-corrected chi connectivity index (χ2v) is 7.09. The molecule has 0 unspecified atom stereocenters. The second kappa shape index (κ2) is 9.18. The van der Waals surface area contributed by atoms with E-state index in [1.807, 2.05) is 25.7 Å². The van der Waals surface area contributed by atoms with Crippen LogP contribution in [0.4, 0.5) is 11.5 Å². The number of amides is 1. The molecule has 0 saturated carbocycles. The van der Waals surface area contributed by atoms with Gasteiger partial charge in [-0.05, 0) is 27.2 Å². The molecule has 0 aliphatic carbocycles. The standard InChI is InChI=1S/C18H31N5O4/c1-5-7-8-23-16(19)15(17(25)20-18(23)26)22(6-2)14(24)11-21-9-12(3)27-13(4)10-21/h12-13H,5-11,19H2,1-4H3,(H,20,25,26)/t12-,13-/m1/s1. The van der Waals surface area contributed by atoms with Crippen molar-refractivity contribution in [3.05, 3.63) is 20.8 Å². The maximum Gasteiger partial charge on any atom is 0.330 e. The van der Waals surface area contributed by atoms with Gasteiger partial charge in [-0.25, -0.2) is 4.79 Å². The predicted molar refractivity (Wildman–Crippen MR) is 105 cm³/mol. The number of rotatable bonds is 7. The van der Waals surface area contributed by atoms with E-state index in [0.717, 1.165) is 12.8 Å². The Morgan fingerprint density at radius 1 is 1.26 bits per heavy atom. The highest BCUT2D eigenvalue weighted by atomic mass is 16.5. The quantitative estimate of drug-likeness (QED) is 0.706. The first-order chi connectivity index (χ1) is 12.8. The monoisotopic (exact) mass is 381 g/mol. The Kier molecular flexibility index (Phi) is 7.20. The predicted octanol–water partition coefficient (Wildman–Crippen LogP) is 0.381. The molecule has 0 radical (unpaired) electrons. The third kappa shape index (κ3) is 4.98. The van der Waals surface area contributed by atoms with Gasteiger partial charge in [0, 0.05) is 26.2 Å². The van der Waals surface area contributed by atoms with E-state index in [1.54, 1.807) is 6.92 Å². The summed E-state index contributed by atoms with van der Waals surface area (Å²) in [5.74, 6) is -0.187. The van der Waals surface area contributed by atoms with Crippen LogP contribution in [0.5, 0.6) is 0 Å². The molecule has 1 fully saturated rings. The van der Waals surface area contributed by atoms with E-state index in [4.69, 9.17) is 10.5 Å². The first kappa shape index (κ1) is 21.2. The van der Waals surface area contributed by atoms with Gasteiger partial charge in [-0.1, -0.05) is 13.3 Å². The van der Waals surface area contributed by atoms with Crippen LogP contribution in [0.3, 0.4) is 0 Å². The number of morpholine rings is 1. The number of nitrogens with one attached hydrogen (secondary N) is 1. The van der Waals surface area contributed by atoms with Gasteiger partial charge >= 0.3 is 5.69 Å². The van der Waals surface area contributed by atoms with Gasteiger partial charge in [0.2, 0.25) is 5.91 Å². The highest BCUT2D eigenvalue weighted by molar-refractivity contribution is 5.96. The Hall–Kier alpha value is -2.13. The maximum atomic E-state index is 12.9. The summed E-state index contributed by atoms with van der Waals surface area (Å²) in [4.78, 5) is 43.1. The number of carbonyl (C=O) groups is 1. The maximum absolute atomic E-state index is 12.9. The molecule has 1 amide bonds. The van der Waals surface area contributed by atoms with Gasteiger partial charge in [0.1, 0.15) is 5.82 Å². The van der Waals surface area contributed by atoms with Crippen LogP contribution in [-0.2, 0) is 16.1 Å². The number of aromatic amines is 1. The van der Waals surface area contributed by atoms with Gasteiger partial charge < -0.3 is 15.4 Å². The summed E-state index contributed by atoms with van der Waals surface area (Å²) in [5, 5.41) is 0. The average Bonchev–Trinajstić information content (AvgIpc) is 2.57. The minimum Gasteiger partial charge on any atom is -0.383 e. The lowest BCUT2D eigenvalue weighted by atomic mass is 10.2. The van der Waals surface area contributed by atoms with Gasteiger partial charge in [0.15, 0.2) is 5.69 Å². The first-order valence-electron chi connectivity index (χ1n) is 9.59. The van der Waals surface area contributed by atoms with E-state index in [0.29, 0.717) is 19.6 Å². The third-order valence-corrected chi connectivity index (χ3v) is 4.69. The largest absolute Gasteiger partial charge is 0.383 e. The molecule has 152 valence electrons. The van der Waals surface area contributed by atoms with Crippen molar-refractivity contribution in [1.82, 2.24) is 14.5 Å². The second-order valence-electron chi connectivity index (χ2n) is 7.09. The summed E-state index contributed by atoms with van der Waals surface area (Å²) < 4.78 is 7.02. The zero-order valence-corrected chi connectivity index (χ0v) is 16.7. The molecule has 1 saturated heterocycles. The molecule has 9 nitrogen and oxygen atoms in total. The highest BCUT2D eigenvalue weighted by Gasteiger charge is 2.28. The number of carbonyl (C=O) groups excluding carboxylic acids is 1. The number of unbranched alkanes of at least 4 members (excludes halogenated alkanes) is 1. The number of anilines is 2. The number of nitrogens with zero attached hydrogens (tertiary/aromatic N) is 3. The van der Waals surface area contributed by atoms with Gasteiger partial charge in [0.05, 0.1) is 18.8 Å². The van der Waals surface area contributed by atoms with E-state index >= 15 is 0 Å². The van der Waals surface area contributed by atoms with Crippen molar-refractivity contribution in [2.24, 2.45) is 0 Å². The number of nitrogens with two attached hydrogens (primary N) is 1. The lowest BCUT2D eigenvalue weighted by Crippen LogP contribution is -2.51. The number of hydrogen-bond acceptors (Lipinski definition) is 6. The lowest BCUT2D eigenvalue weighted by molar-refractivity contribution is -0.123. The number of nitrogen functional groups attached to an aromatic ring is 1. The number of aromatic nitrogens is 2. The fourth-order valence-corrected chi connectivity index (χ4v) is 3.53. The summed E-state index contributed by atoms with van der Waals surface area (Å²) in [5.41, 5.74) is 5.00. The van der Waals surface area contributed by atoms with Crippen LogP contribution in [0, 0.1) is 0 Å². The van der Waals surface area contributed by atoms with Crippen LogP contribution in [0.15, 0.2) is 9.59 Å². The van der Waals surface area contributed by atoms with Gasteiger partial charge in [-0.2, -0.15) is 0 Å². The Bertz CT molecular complexity index is 762. The number of ether oxygens (including phenoxy) is 1. The lowest BCUT2D eigenvalue weighted by Gasteiger charge is -2.35. The van der Waals surface area contributed by atoms with Crippen LogP contribution in [-0.4, -0.2) is 58.7 Å². The molecular formula is C18H31N5O4. The van der Waals surface area contributed by atoms with Gasteiger partial charge in [-0.3, -0.25) is 24.0 Å². The topological polar surface area (TPSA) is 114 Å². The van der Waals surface area contributed by atoms with Crippen LogP contribution in [0.25, 0.3) is 0 Å². The molecule has 1 aromatic rings. The Morgan fingerprint density at radius 3 is 2.44 bits per heavy atom. The molecule has 1 aromatic heterocycles. The van der Waals surface area contributed by atoms with Crippen LogP contribution >= 0.6 is 0 Å².